The molecular weight excluding hydrogens is 270 g/mol. The maximum absolute atomic E-state index is 10.3. The minimum absolute atomic E-state index is 0.551. The Morgan fingerprint density at radius 2 is 2.31 bits per heavy atom. The van der Waals surface area contributed by atoms with Gasteiger partial charge >= 0.3 is 0 Å². The number of halogens is 1. The van der Waals surface area contributed by atoms with Crippen LogP contribution in [0.15, 0.2) is 35.3 Å². The van der Waals surface area contributed by atoms with Gasteiger partial charge in [0.1, 0.15) is 18.9 Å². The molecule has 0 fully saturated rings. The summed E-state index contributed by atoms with van der Waals surface area (Å²) in [6, 6.07) is 5.95. The van der Waals surface area contributed by atoms with Crippen LogP contribution in [-0.2, 0) is 11.2 Å². The fourth-order valence-electron chi connectivity index (χ4n) is 1.45. The van der Waals surface area contributed by atoms with Gasteiger partial charge in [0.05, 0.1) is 5.69 Å². The van der Waals surface area contributed by atoms with Crippen LogP contribution in [0.1, 0.15) is 12.0 Å². The van der Waals surface area contributed by atoms with Crippen molar-refractivity contribution in [1.29, 1.82) is 0 Å². The lowest BCUT2D eigenvalue weighted by Gasteiger charge is -2.05. The number of benzene rings is 1. The molecule has 0 bridgehead atoms. The number of aromatic nitrogens is 3. The second-order valence-corrected chi connectivity index (χ2v) is 4.19. The standard InChI is InChI=1S/C11H10BrN3O/c12-10-6-9(2-1-5-16)3-4-11(10)15-8-13-7-14-15/h3-8H,1-2H2. The summed E-state index contributed by atoms with van der Waals surface area (Å²) in [6.07, 6.45) is 5.38. The van der Waals surface area contributed by atoms with E-state index >= 15 is 0 Å². The normalized spacial score (nSPS) is 10.3. The van der Waals surface area contributed by atoms with E-state index in [4.69, 9.17) is 0 Å². The zero-order valence-corrected chi connectivity index (χ0v) is 10.1. The third kappa shape index (κ3) is 2.36. The first-order chi connectivity index (χ1) is 7.81. The van der Waals surface area contributed by atoms with Crippen LogP contribution in [0.25, 0.3) is 5.69 Å². The molecule has 0 atom stereocenters. The van der Waals surface area contributed by atoms with E-state index in [0.717, 1.165) is 28.4 Å². The van der Waals surface area contributed by atoms with Crippen LogP contribution in [0.2, 0.25) is 0 Å². The minimum Gasteiger partial charge on any atom is -0.303 e. The first kappa shape index (κ1) is 11.0. The summed E-state index contributed by atoms with van der Waals surface area (Å²) in [5.74, 6) is 0. The Kier molecular flexibility index (Phi) is 3.46. The molecule has 0 radical (unpaired) electrons. The number of nitrogens with zero attached hydrogens (tertiary/aromatic N) is 3. The van der Waals surface area contributed by atoms with Gasteiger partial charge in [0.2, 0.25) is 0 Å². The summed E-state index contributed by atoms with van der Waals surface area (Å²) in [5.41, 5.74) is 2.06. The highest BCUT2D eigenvalue weighted by Crippen LogP contribution is 2.22. The van der Waals surface area contributed by atoms with Gasteiger partial charge in [-0.1, -0.05) is 6.07 Å². The Bertz CT molecular complexity index is 482. The average molecular weight is 280 g/mol. The number of hydrogen-bond acceptors (Lipinski definition) is 3. The highest BCUT2D eigenvalue weighted by molar-refractivity contribution is 9.10. The minimum atomic E-state index is 0.551. The Hall–Kier alpha value is -1.49. The van der Waals surface area contributed by atoms with E-state index in [-0.39, 0.29) is 0 Å². The van der Waals surface area contributed by atoms with E-state index in [1.807, 2.05) is 18.2 Å². The van der Waals surface area contributed by atoms with Gasteiger partial charge in [0, 0.05) is 10.9 Å². The Morgan fingerprint density at radius 1 is 1.44 bits per heavy atom. The fourth-order valence-corrected chi connectivity index (χ4v) is 2.06. The van der Waals surface area contributed by atoms with Gasteiger partial charge in [0.15, 0.2) is 0 Å². The molecule has 5 heteroatoms. The van der Waals surface area contributed by atoms with Crippen LogP contribution in [0.4, 0.5) is 0 Å². The lowest BCUT2D eigenvalue weighted by Crippen LogP contribution is -1.96. The van der Waals surface area contributed by atoms with E-state index in [1.165, 1.54) is 6.33 Å². The molecule has 0 unspecified atom stereocenters. The highest BCUT2D eigenvalue weighted by Gasteiger charge is 2.04. The fraction of sp³-hybridized carbons (Fsp3) is 0.182. The molecular formula is C11H10BrN3O. The largest absolute Gasteiger partial charge is 0.303 e. The summed E-state index contributed by atoms with van der Waals surface area (Å²) in [6.45, 7) is 0. The first-order valence-corrected chi connectivity index (χ1v) is 5.67. The van der Waals surface area contributed by atoms with Crippen molar-refractivity contribution in [2.24, 2.45) is 0 Å². The third-order valence-corrected chi connectivity index (χ3v) is 2.86. The summed E-state index contributed by atoms with van der Waals surface area (Å²) >= 11 is 3.48. The number of carbonyl (C=O) groups is 1. The number of carbonyl (C=O) groups excluding carboxylic acids is 1. The molecule has 0 aliphatic carbocycles. The van der Waals surface area contributed by atoms with Gasteiger partial charge in [-0.15, -0.1) is 0 Å². The van der Waals surface area contributed by atoms with E-state index in [2.05, 4.69) is 26.0 Å². The van der Waals surface area contributed by atoms with E-state index < -0.39 is 0 Å². The van der Waals surface area contributed by atoms with Gasteiger partial charge in [-0.2, -0.15) is 5.10 Å². The zero-order chi connectivity index (χ0) is 11.4. The Morgan fingerprint density at radius 3 is 2.94 bits per heavy atom. The Labute approximate surface area is 101 Å². The summed E-state index contributed by atoms with van der Waals surface area (Å²) < 4.78 is 2.63. The van der Waals surface area contributed by atoms with E-state index in [0.29, 0.717) is 6.42 Å². The van der Waals surface area contributed by atoms with Gasteiger partial charge < -0.3 is 4.79 Å². The lowest BCUT2D eigenvalue weighted by molar-refractivity contribution is -0.107. The van der Waals surface area contributed by atoms with Crippen molar-refractivity contribution in [3.63, 3.8) is 0 Å². The second kappa shape index (κ2) is 5.03. The first-order valence-electron chi connectivity index (χ1n) is 4.88. The van der Waals surface area contributed by atoms with Crippen molar-refractivity contribution >= 4 is 22.2 Å². The van der Waals surface area contributed by atoms with Crippen molar-refractivity contribution in [2.75, 3.05) is 0 Å². The topological polar surface area (TPSA) is 47.8 Å². The summed E-state index contributed by atoms with van der Waals surface area (Å²) in [7, 11) is 0. The SMILES string of the molecule is O=CCCc1ccc(-n2cncn2)c(Br)c1. The highest BCUT2D eigenvalue weighted by atomic mass is 79.9. The quantitative estimate of drug-likeness (QED) is 0.806. The predicted molar refractivity (Wildman–Crippen MR) is 63.4 cm³/mol. The molecule has 82 valence electrons. The third-order valence-electron chi connectivity index (χ3n) is 2.23. The molecule has 0 saturated heterocycles. The molecule has 2 aromatic rings. The lowest BCUT2D eigenvalue weighted by atomic mass is 10.1. The molecule has 0 saturated carbocycles. The van der Waals surface area contributed by atoms with Crippen molar-refractivity contribution in [3.05, 3.63) is 40.9 Å². The van der Waals surface area contributed by atoms with Crippen molar-refractivity contribution < 1.29 is 4.79 Å². The number of rotatable bonds is 4. The maximum atomic E-state index is 10.3. The van der Waals surface area contributed by atoms with Gasteiger partial charge in [0.25, 0.3) is 0 Å². The molecule has 16 heavy (non-hydrogen) atoms. The van der Waals surface area contributed by atoms with Crippen molar-refractivity contribution in [2.45, 2.75) is 12.8 Å². The number of aldehydes is 1. The molecule has 1 heterocycles. The molecule has 2 rings (SSSR count). The zero-order valence-electron chi connectivity index (χ0n) is 8.51. The molecule has 0 N–H and O–H groups in total. The molecule has 0 spiro atoms. The average Bonchev–Trinajstić information content (AvgIpc) is 2.80. The van der Waals surface area contributed by atoms with Gasteiger partial charge in [-0.3, -0.25) is 0 Å². The van der Waals surface area contributed by atoms with Crippen LogP contribution in [-0.4, -0.2) is 21.1 Å². The van der Waals surface area contributed by atoms with Gasteiger partial charge in [-0.05, 0) is 40.0 Å². The van der Waals surface area contributed by atoms with Crippen LogP contribution < -0.4 is 0 Å². The van der Waals surface area contributed by atoms with Gasteiger partial charge in [-0.25, -0.2) is 9.67 Å². The van der Waals surface area contributed by atoms with E-state index in [1.54, 1.807) is 11.0 Å². The van der Waals surface area contributed by atoms with Crippen molar-refractivity contribution in [3.8, 4) is 5.69 Å². The van der Waals surface area contributed by atoms with Crippen LogP contribution in [0.5, 0.6) is 0 Å². The molecule has 0 aliphatic rings. The molecule has 1 aromatic carbocycles. The molecule has 0 aliphatic heterocycles. The smallest absolute Gasteiger partial charge is 0.138 e. The molecule has 1 aromatic heterocycles. The second-order valence-electron chi connectivity index (χ2n) is 3.33. The molecule has 0 amide bonds. The van der Waals surface area contributed by atoms with Crippen LogP contribution in [0, 0.1) is 0 Å². The van der Waals surface area contributed by atoms with Crippen LogP contribution >= 0.6 is 15.9 Å². The van der Waals surface area contributed by atoms with E-state index in [9.17, 15) is 4.79 Å². The monoisotopic (exact) mass is 279 g/mol. The number of aryl methyl sites for hydroxylation is 1. The summed E-state index contributed by atoms with van der Waals surface area (Å²) in [5, 5.41) is 4.06. The Balaban J connectivity index is 2.26. The predicted octanol–water partition coefficient (Wildman–Crippen LogP) is 2.16. The molecule has 4 nitrogen and oxygen atoms in total. The van der Waals surface area contributed by atoms with Crippen molar-refractivity contribution in [1.82, 2.24) is 14.8 Å². The summed E-state index contributed by atoms with van der Waals surface area (Å²) in [4.78, 5) is 14.2. The van der Waals surface area contributed by atoms with Crippen LogP contribution in [0.3, 0.4) is 0 Å². The number of hydrogen-bond donors (Lipinski definition) is 0. The maximum Gasteiger partial charge on any atom is 0.138 e.